The van der Waals surface area contributed by atoms with Gasteiger partial charge in [-0.3, -0.25) is 9.69 Å². The number of nitrogens with zero attached hydrogens (tertiary/aromatic N) is 1. The Kier molecular flexibility index (Phi) is 8.12. The van der Waals surface area contributed by atoms with Gasteiger partial charge in [-0.25, -0.2) is 9.59 Å². The molecule has 0 radical (unpaired) electrons. The molecule has 1 N–H and O–H groups in total. The number of para-hydroxylation sites is 1. The molecule has 7 nitrogen and oxygen atoms in total. The summed E-state index contributed by atoms with van der Waals surface area (Å²) in [5, 5.41) is 2.82. The average Bonchev–Trinajstić information content (AvgIpc) is 3.39. The third kappa shape index (κ3) is 6.69. The highest BCUT2D eigenvalue weighted by atomic mass is 16.6. The molecule has 0 unspecified atom stereocenters. The zero-order valence-corrected chi connectivity index (χ0v) is 19.3. The summed E-state index contributed by atoms with van der Waals surface area (Å²) in [5.41, 5.74) is 1.75. The number of rotatable bonds is 8. The van der Waals surface area contributed by atoms with E-state index in [1.807, 2.05) is 66.7 Å². The van der Waals surface area contributed by atoms with Gasteiger partial charge < -0.3 is 14.8 Å². The minimum atomic E-state index is -0.909. The summed E-state index contributed by atoms with van der Waals surface area (Å²) >= 11 is 0. The largest absolute Gasteiger partial charge is 0.445 e. The Morgan fingerprint density at radius 2 is 1.46 bits per heavy atom. The topological polar surface area (TPSA) is 84.9 Å². The number of carbonyl (C=O) groups excluding carboxylic acids is 3. The van der Waals surface area contributed by atoms with Gasteiger partial charge in [-0.1, -0.05) is 78.9 Å². The number of benzene rings is 3. The fourth-order valence-electron chi connectivity index (χ4n) is 4.05. The van der Waals surface area contributed by atoms with Gasteiger partial charge in [0.1, 0.15) is 24.4 Å². The van der Waals surface area contributed by atoms with Gasteiger partial charge in [0.25, 0.3) is 0 Å². The highest BCUT2D eigenvalue weighted by Gasteiger charge is 2.37. The van der Waals surface area contributed by atoms with Crippen LogP contribution in [0.4, 0.5) is 4.79 Å². The Morgan fingerprint density at radius 1 is 0.857 bits per heavy atom. The molecule has 0 bridgehead atoms. The summed E-state index contributed by atoms with van der Waals surface area (Å²) in [6.07, 6.45) is 0.899. The van der Waals surface area contributed by atoms with Crippen molar-refractivity contribution in [2.45, 2.75) is 38.0 Å². The van der Waals surface area contributed by atoms with Crippen molar-refractivity contribution >= 4 is 18.0 Å². The van der Waals surface area contributed by atoms with Crippen LogP contribution in [0.5, 0.6) is 5.75 Å². The van der Waals surface area contributed by atoms with E-state index < -0.39 is 30.1 Å². The fraction of sp³-hybridized carbons (Fsp3) is 0.250. The van der Waals surface area contributed by atoms with Crippen molar-refractivity contribution in [1.29, 1.82) is 0 Å². The van der Waals surface area contributed by atoms with Crippen LogP contribution in [-0.2, 0) is 27.4 Å². The lowest BCUT2D eigenvalue weighted by Gasteiger charge is -2.25. The van der Waals surface area contributed by atoms with Gasteiger partial charge in [0.2, 0.25) is 5.91 Å². The molecule has 1 aliphatic heterocycles. The Bertz CT molecular complexity index is 1120. The second kappa shape index (κ2) is 11.8. The van der Waals surface area contributed by atoms with Gasteiger partial charge in [-0.2, -0.15) is 0 Å². The molecule has 1 aliphatic rings. The molecule has 0 aromatic heterocycles. The minimum absolute atomic E-state index is 0.130. The van der Waals surface area contributed by atoms with E-state index in [-0.39, 0.29) is 13.0 Å². The van der Waals surface area contributed by atoms with Gasteiger partial charge in [0.05, 0.1) is 0 Å². The Hall–Kier alpha value is -4.13. The van der Waals surface area contributed by atoms with Crippen LogP contribution in [0.1, 0.15) is 24.0 Å². The lowest BCUT2D eigenvalue weighted by atomic mass is 10.1. The number of hydrogen-bond donors (Lipinski definition) is 1. The summed E-state index contributed by atoms with van der Waals surface area (Å²) in [7, 11) is 0. The molecule has 180 valence electrons. The van der Waals surface area contributed by atoms with Crippen molar-refractivity contribution < 1.29 is 23.9 Å². The van der Waals surface area contributed by atoms with E-state index in [1.54, 1.807) is 24.3 Å². The number of carbonyl (C=O) groups is 3. The smallest absolute Gasteiger partial charge is 0.410 e. The summed E-state index contributed by atoms with van der Waals surface area (Å²) in [5.74, 6) is -0.563. The molecular formula is C28H28N2O5. The van der Waals surface area contributed by atoms with Crippen molar-refractivity contribution in [2.24, 2.45) is 0 Å². The molecule has 0 spiro atoms. The van der Waals surface area contributed by atoms with E-state index in [2.05, 4.69) is 5.32 Å². The summed E-state index contributed by atoms with van der Waals surface area (Å²) < 4.78 is 11.0. The predicted molar refractivity (Wildman–Crippen MR) is 131 cm³/mol. The van der Waals surface area contributed by atoms with Crippen LogP contribution in [-0.4, -0.2) is 41.5 Å². The first kappa shape index (κ1) is 24.0. The van der Waals surface area contributed by atoms with Crippen molar-refractivity contribution in [3.8, 4) is 5.75 Å². The molecule has 2 amide bonds. The number of likely N-dealkylation sites (tertiary alicyclic amines) is 1. The Balaban J connectivity index is 1.42. The monoisotopic (exact) mass is 472 g/mol. The molecule has 1 fully saturated rings. The molecule has 0 aliphatic carbocycles. The maximum Gasteiger partial charge on any atom is 0.410 e. The molecule has 35 heavy (non-hydrogen) atoms. The van der Waals surface area contributed by atoms with Crippen LogP contribution in [0.25, 0.3) is 0 Å². The van der Waals surface area contributed by atoms with Crippen molar-refractivity contribution in [1.82, 2.24) is 10.2 Å². The van der Waals surface area contributed by atoms with Crippen LogP contribution < -0.4 is 10.1 Å². The second-order valence-corrected chi connectivity index (χ2v) is 8.38. The lowest BCUT2D eigenvalue weighted by Crippen LogP contribution is -2.52. The molecule has 3 aromatic rings. The van der Waals surface area contributed by atoms with Crippen LogP contribution in [0.3, 0.4) is 0 Å². The minimum Gasteiger partial charge on any atom is -0.445 e. The van der Waals surface area contributed by atoms with Gasteiger partial charge in [-0.05, 0) is 36.1 Å². The van der Waals surface area contributed by atoms with E-state index in [4.69, 9.17) is 9.47 Å². The second-order valence-electron chi connectivity index (χ2n) is 8.38. The van der Waals surface area contributed by atoms with E-state index in [0.717, 1.165) is 11.1 Å². The van der Waals surface area contributed by atoms with Crippen LogP contribution >= 0.6 is 0 Å². The summed E-state index contributed by atoms with van der Waals surface area (Å²) in [6, 6.07) is 25.9. The molecule has 4 rings (SSSR count). The number of hydrogen-bond acceptors (Lipinski definition) is 5. The first-order chi connectivity index (χ1) is 17.1. The third-order valence-electron chi connectivity index (χ3n) is 5.84. The van der Waals surface area contributed by atoms with Crippen molar-refractivity contribution in [3.63, 3.8) is 0 Å². The highest BCUT2D eigenvalue weighted by Crippen LogP contribution is 2.20. The summed E-state index contributed by atoms with van der Waals surface area (Å²) in [4.78, 5) is 40.4. The van der Waals surface area contributed by atoms with E-state index in [1.165, 1.54) is 4.90 Å². The molecule has 0 saturated carbocycles. The predicted octanol–water partition coefficient (Wildman–Crippen LogP) is 4.12. The van der Waals surface area contributed by atoms with E-state index in [0.29, 0.717) is 25.1 Å². The normalized spacial score (nSPS) is 15.8. The zero-order valence-electron chi connectivity index (χ0n) is 19.3. The van der Waals surface area contributed by atoms with Crippen molar-refractivity contribution in [2.75, 3.05) is 6.54 Å². The quantitative estimate of drug-likeness (QED) is 0.394. The number of amides is 2. The number of esters is 1. The molecular weight excluding hydrogens is 444 g/mol. The van der Waals surface area contributed by atoms with Crippen LogP contribution in [0.2, 0.25) is 0 Å². The fourth-order valence-corrected chi connectivity index (χ4v) is 4.05. The first-order valence-electron chi connectivity index (χ1n) is 11.7. The maximum atomic E-state index is 13.2. The lowest BCUT2D eigenvalue weighted by molar-refractivity contribution is -0.140. The van der Waals surface area contributed by atoms with Gasteiger partial charge in [0, 0.05) is 13.0 Å². The molecule has 7 heteroatoms. The molecule has 1 saturated heterocycles. The van der Waals surface area contributed by atoms with Crippen LogP contribution in [0, 0.1) is 0 Å². The highest BCUT2D eigenvalue weighted by molar-refractivity contribution is 5.90. The third-order valence-corrected chi connectivity index (χ3v) is 5.84. The van der Waals surface area contributed by atoms with Gasteiger partial charge in [0.15, 0.2) is 0 Å². The SMILES string of the molecule is O=C(Oc1ccccc1)[C@H](Cc1ccccc1)NC(=O)[C@@H]1CCCN1C(=O)OCc1ccccc1. The van der Waals surface area contributed by atoms with Crippen molar-refractivity contribution in [3.05, 3.63) is 102 Å². The van der Waals surface area contributed by atoms with Gasteiger partial charge >= 0.3 is 12.1 Å². The standard InChI is InChI=1S/C28H28N2O5/c31-26(25-17-10-18-30(25)28(33)34-20-22-13-6-2-7-14-22)29-24(19-21-11-4-1-5-12-21)27(32)35-23-15-8-3-9-16-23/h1-9,11-16,24-25H,10,17-20H2,(H,29,31)/t24-,25-/m0/s1. The average molecular weight is 473 g/mol. The maximum absolute atomic E-state index is 13.2. The van der Waals surface area contributed by atoms with Crippen LogP contribution in [0.15, 0.2) is 91.0 Å². The van der Waals surface area contributed by atoms with E-state index in [9.17, 15) is 14.4 Å². The molecule has 1 heterocycles. The summed E-state index contributed by atoms with van der Waals surface area (Å²) in [6.45, 7) is 0.550. The number of nitrogens with one attached hydrogen (secondary N) is 1. The number of ether oxygens (including phenoxy) is 2. The van der Waals surface area contributed by atoms with Gasteiger partial charge in [-0.15, -0.1) is 0 Å². The molecule has 2 atom stereocenters. The Morgan fingerprint density at radius 3 is 2.11 bits per heavy atom. The Labute approximate surface area is 204 Å². The van der Waals surface area contributed by atoms with E-state index >= 15 is 0 Å². The molecule has 3 aromatic carbocycles. The zero-order chi connectivity index (χ0) is 24.5. The first-order valence-corrected chi connectivity index (χ1v) is 11.7.